The number of hydrogen-bond acceptors (Lipinski definition) is 5. The molecule has 0 radical (unpaired) electrons. The van der Waals surface area contributed by atoms with Gasteiger partial charge < -0.3 is 20.3 Å². The maximum absolute atomic E-state index is 12.4. The summed E-state index contributed by atoms with van der Waals surface area (Å²) < 4.78 is 42.3. The molecule has 158 valence electrons. The van der Waals surface area contributed by atoms with Crippen LogP contribution in [0.15, 0.2) is 24.3 Å². The predicted molar refractivity (Wildman–Crippen MR) is 100 cm³/mol. The van der Waals surface area contributed by atoms with Crippen LogP contribution in [0.25, 0.3) is 0 Å². The van der Waals surface area contributed by atoms with Gasteiger partial charge in [0.15, 0.2) is 6.61 Å². The van der Waals surface area contributed by atoms with Gasteiger partial charge in [0.2, 0.25) is 11.8 Å². The van der Waals surface area contributed by atoms with Gasteiger partial charge in [-0.2, -0.15) is 13.2 Å². The first-order valence-corrected chi connectivity index (χ1v) is 10.1. The van der Waals surface area contributed by atoms with Crippen LogP contribution >= 0.6 is 11.8 Å². The molecule has 1 aromatic rings. The molecule has 1 aliphatic carbocycles. The maximum atomic E-state index is 12.4. The van der Waals surface area contributed by atoms with Crippen molar-refractivity contribution in [1.82, 2.24) is 10.2 Å². The van der Waals surface area contributed by atoms with Crippen molar-refractivity contribution in [1.29, 1.82) is 0 Å². The zero-order valence-electron chi connectivity index (χ0n) is 15.3. The third-order valence-corrected chi connectivity index (χ3v) is 5.39. The van der Waals surface area contributed by atoms with Gasteiger partial charge in [0, 0.05) is 23.4 Å². The molecule has 7 nitrogen and oxygen atoms in total. The Balaban J connectivity index is 1.51. The van der Waals surface area contributed by atoms with E-state index in [4.69, 9.17) is 4.74 Å². The highest BCUT2D eigenvalue weighted by molar-refractivity contribution is 7.99. The zero-order chi connectivity index (χ0) is 21.0. The minimum atomic E-state index is -4.51. The van der Waals surface area contributed by atoms with Gasteiger partial charge in [0.1, 0.15) is 18.3 Å². The Labute approximate surface area is 169 Å². The molecule has 2 fully saturated rings. The Kier molecular flexibility index (Phi) is 6.56. The van der Waals surface area contributed by atoms with Crippen LogP contribution in [0.5, 0.6) is 5.75 Å². The van der Waals surface area contributed by atoms with E-state index < -0.39 is 30.6 Å². The first-order chi connectivity index (χ1) is 13.7. The zero-order valence-corrected chi connectivity index (χ0v) is 16.1. The molecule has 1 heterocycles. The van der Waals surface area contributed by atoms with Crippen LogP contribution < -0.4 is 15.4 Å². The molecule has 1 aliphatic heterocycles. The second-order valence-electron chi connectivity index (χ2n) is 6.79. The summed E-state index contributed by atoms with van der Waals surface area (Å²) in [6, 6.07) is 5.60. The average molecular weight is 431 g/mol. The van der Waals surface area contributed by atoms with Crippen molar-refractivity contribution in [3.8, 4) is 5.75 Å². The van der Waals surface area contributed by atoms with Crippen molar-refractivity contribution in [3.63, 3.8) is 0 Å². The highest BCUT2D eigenvalue weighted by Crippen LogP contribution is 2.30. The van der Waals surface area contributed by atoms with Gasteiger partial charge in [-0.1, -0.05) is 6.07 Å². The largest absolute Gasteiger partial charge is 0.484 e. The number of amides is 3. The third-order valence-electron chi connectivity index (χ3n) is 4.38. The van der Waals surface area contributed by atoms with Crippen LogP contribution in [-0.2, 0) is 14.4 Å². The second kappa shape index (κ2) is 8.93. The smallest absolute Gasteiger partial charge is 0.405 e. The number of rotatable bonds is 7. The SMILES string of the molecule is O=C(Nc1cccc(OCC(=O)N2CSCC2C(=O)NCC(F)(F)F)c1)C1CC1. The van der Waals surface area contributed by atoms with Gasteiger partial charge >= 0.3 is 6.18 Å². The lowest BCUT2D eigenvalue weighted by molar-refractivity contribution is -0.145. The molecule has 2 aliphatic rings. The van der Waals surface area contributed by atoms with E-state index >= 15 is 0 Å². The number of benzene rings is 1. The Bertz CT molecular complexity index is 786. The van der Waals surface area contributed by atoms with Crippen molar-refractivity contribution in [2.75, 3.05) is 30.1 Å². The highest BCUT2D eigenvalue weighted by Gasteiger charge is 2.37. The summed E-state index contributed by atoms with van der Waals surface area (Å²) in [7, 11) is 0. The highest BCUT2D eigenvalue weighted by atomic mass is 32.2. The number of carbonyl (C=O) groups is 3. The Morgan fingerprint density at radius 2 is 1.97 bits per heavy atom. The molecule has 3 amide bonds. The first kappa shape index (κ1) is 21.3. The summed E-state index contributed by atoms with van der Waals surface area (Å²) in [6.45, 7) is -1.81. The topological polar surface area (TPSA) is 87.7 Å². The summed E-state index contributed by atoms with van der Waals surface area (Å²) in [5, 5.41) is 4.58. The van der Waals surface area contributed by atoms with Crippen molar-refractivity contribution in [2.24, 2.45) is 5.92 Å². The number of nitrogens with one attached hydrogen (secondary N) is 2. The monoisotopic (exact) mass is 431 g/mol. The fraction of sp³-hybridized carbons (Fsp3) is 0.500. The molecule has 3 rings (SSSR count). The molecule has 0 spiro atoms. The van der Waals surface area contributed by atoms with E-state index in [2.05, 4.69) is 5.32 Å². The number of alkyl halides is 3. The number of thioether (sulfide) groups is 1. The second-order valence-corrected chi connectivity index (χ2v) is 7.79. The fourth-order valence-corrected chi connectivity index (χ4v) is 3.87. The molecule has 0 aromatic heterocycles. The van der Waals surface area contributed by atoms with Gasteiger partial charge in [-0.15, -0.1) is 11.8 Å². The Morgan fingerprint density at radius 1 is 1.21 bits per heavy atom. The minimum absolute atomic E-state index is 0.0502. The Hall–Kier alpha value is -2.43. The molecular formula is C18H20F3N3O4S. The van der Waals surface area contributed by atoms with Crippen LogP contribution in [0, 0.1) is 5.92 Å². The van der Waals surface area contributed by atoms with Crippen LogP contribution in [0.3, 0.4) is 0 Å². The summed E-state index contributed by atoms with van der Waals surface area (Å²) >= 11 is 1.28. The summed E-state index contributed by atoms with van der Waals surface area (Å²) in [5.41, 5.74) is 0.549. The molecule has 2 N–H and O–H groups in total. The molecular weight excluding hydrogens is 411 g/mol. The van der Waals surface area contributed by atoms with Gasteiger partial charge in [0.05, 0.1) is 5.88 Å². The van der Waals surface area contributed by atoms with E-state index in [0.717, 1.165) is 12.8 Å². The number of ether oxygens (including phenoxy) is 1. The van der Waals surface area contributed by atoms with Crippen LogP contribution in [-0.4, -0.2) is 59.6 Å². The lowest BCUT2D eigenvalue weighted by Crippen LogP contribution is -2.50. The Morgan fingerprint density at radius 3 is 2.66 bits per heavy atom. The van der Waals surface area contributed by atoms with Crippen LogP contribution in [0.1, 0.15) is 12.8 Å². The molecule has 1 saturated heterocycles. The molecule has 1 atom stereocenters. The number of anilines is 1. The van der Waals surface area contributed by atoms with E-state index in [1.807, 2.05) is 5.32 Å². The van der Waals surface area contributed by atoms with E-state index in [-0.39, 0.29) is 30.1 Å². The van der Waals surface area contributed by atoms with E-state index in [9.17, 15) is 27.6 Å². The quantitative estimate of drug-likeness (QED) is 0.690. The lowest BCUT2D eigenvalue weighted by Gasteiger charge is -2.23. The molecule has 1 aromatic carbocycles. The van der Waals surface area contributed by atoms with Gasteiger partial charge in [0.25, 0.3) is 5.91 Å². The summed E-state index contributed by atoms with van der Waals surface area (Å²) in [6.07, 6.45) is -2.76. The van der Waals surface area contributed by atoms with E-state index in [1.165, 1.54) is 16.7 Å². The molecule has 1 unspecified atom stereocenters. The minimum Gasteiger partial charge on any atom is -0.484 e. The van der Waals surface area contributed by atoms with E-state index in [0.29, 0.717) is 11.4 Å². The van der Waals surface area contributed by atoms with E-state index in [1.54, 1.807) is 24.3 Å². The summed E-state index contributed by atoms with van der Waals surface area (Å²) in [5.74, 6) is -0.576. The standard InChI is InChI=1S/C18H20F3N3O4S/c19-18(20,21)9-22-17(27)14-8-29-10-24(14)15(25)7-28-13-3-1-2-12(6-13)23-16(26)11-4-5-11/h1-3,6,11,14H,4-5,7-10H2,(H,22,27)(H,23,26). The molecule has 11 heteroatoms. The number of halogens is 3. The number of hydrogen-bond donors (Lipinski definition) is 2. The van der Waals surface area contributed by atoms with Crippen molar-refractivity contribution in [2.45, 2.75) is 25.1 Å². The first-order valence-electron chi connectivity index (χ1n) is 8.98. The van der Waals surface area contributed by atoms with Gasteiger partial charge in [-0.3, -0.25) is 14.4 Å². The fourth-order valence-electron chi connectivity index (χ4n) is 2.69. The lowest BCUT2D eigenvalue weighted by atomic mass is 10.2. The van der Waals surface area contributed by atoms with Crippen molar-refractivity contribution >= 4 is 35.2 Å². The maximum Gasteiger partial charge on any atom is 0.405 e. The van der Waals surface area contributed by atoms with Crippen LogP contribution in [0.2, 0.25) is 0 Å². The van der Waals surface area contributed by atoms with Crippen LogP contribution in [0.4, 0.5) is 18.9 Å². The normalized spacial score (nSPS) is 19.0. The summed E-state index contributed by atoms with van der Waals surface area (Å²) in [4.78, 5) is 37.4. The predicted octanol–water partition coefficient (Wildman–Crippen LogP) is 1.99. The third kappa shape index (κ3) is 6.28. The molecule has 1 saturated carbocycles. The van der Waals surface area contributed by atoms with Gasteiger partial charge in [-0.05, 0) is 25.0 Å². The molecule has 0 bridgehead atoms. The van der Waals surface area contributed by atoms with Crippen molar-refractivity contribution < 1.29 is 32.3 Å². The van der Waals surface area contributed by atoms with Crippen molar-refractivity contribution in [3.05, 3.63) is 24.3 Å². The molecule has 29 heavy (non-hydrogen) atoms. The average Bonchev–Trinajstić information content (AvgIpc) is 3.41. The number of nitrogens with zero attached hydrogens (tertiary/aromatic N) is 1. The van der Waals surface area contributed by atoms with Gasteiger partial charge in [-0.25, -0.2) is 0 Å². The number of carbonyl (C=O) groups excluding carboxylic acids is 3.